The number of anilines is 1. The van der Waals surface area contributed by atoms with Crippen LogP contribution in [0.4, 0.5) is 14.5 Å². The Morgan fingerprint density at radius 2 is 2.03 bits per heavy atom. The monoisotopic (exact) mass is 475 g/mol. The van der Waals surface area contributed by atoms with E-state index in [0.29, 0.717) is 18.8 Å². The molecule has 0 saturated carbocycles. The van der Waals surface area contributed by atoms with Crippen LogP contribution in [0.1, 0.15) is 32.3 Å². The Morgan fingerprint density at radius 1 is 1.38 bits per heavy atom. The normalized spacial score (nSPS) is 16.0. The Bertz CT molecular complexity index is 1090. The van der Waals surface area contributed by atoms with Gasteiger partial charge in [0.1, 0.15) is 5.75 Å². The fourth-order valence-corrected chi connectivity index (χ4v) is 3.84. The molecule has 1 aliphatic rings. The Kier molecular flexibility index (Phi) is 9.80. The van der Waals surface area contributed by atoms with Gasteiger partial charge in [0.2, 0.25) is 5.91 Å². The van der Waals surface area contributed by atoms with Crippen molar-refractivity contribution in [3.8, 4) is 5.75 Å². The number of nitrogens with zero attached hydrogens (tertiary/aromatic N) is 4. The highest BCUT2D eigenvalue weighted by molar-refractivity contribution is 5.76. The number of hydrogen-bond donors (Lipinski definition) is 1. The lowest BCUT2D eigenvalue weighted by molar-refractivity contribution is -0.120. The summed E-state index contributed by atoms with van der Waals surface area (Å²) in [6.45, 7) is 7.76. The summed E-state index contributed by atoms with van der Waals surface area (Å²) in [7, 11) is 3.76. The molecule has 0 spiro atoms. The molecule has 0 aliphatic carbocycles. The molecule has 1 fully saturated rings. The van der Waals surface area contributed by atoms with E-state index in [0.717, 1.165) is 16.3 Å². The zero-order chi connectivity index (χ0) is 25.4. The molecule has 2 aromatic rings. The summed E-state index contributed by atoms with van der Waals surface area (Å²) in [5, 5.41) is 1.83. The summed E-state index contributed by atoms with van der Waals surface area (Å²) in [6, 6.07) is 5.31. The molecule has 7 nitrogen and oxygen atoms in total. The summed E-state index contributed by atoms with van der Waals surface area (Å²) >= 11 is 0. The third-order valence-electron chi connectivity index (χ3n) is 5.68. The molecule has 1 amide bonds. The van der Waals surface area contributed by atoms with Crippen LogP contribution in [0.25, 0.3) is 12.2 Å². The molecule has 3 rings (SSSR count). The fourth-order valence-electron chi connectivity index (χ4n) is 3.84. The number of rotatable bonds is 8. The Hall–Kier alpha value is -3.20. The zero-order valence-corrected chi connectivity index (χ0v) is 20.5. The third-order valence-corrected chi connectivity index (χ3v) is 5.68. The van der Waals surface area contributed by atoms with Gasteiger partial charge in [-0.05, 0) is 44.5 Å². The van der Waals surface area contributed by atoms with Gasteiger partial charge in [-0.15, -0.1) is 6.58 Å². The van der Waals surface area contributed by atoms with Gasteiger partial charge in [-0.2, -0.15) is 8.78 Å². The number of ether oxygens (including phenoxy) is 1. The lowest BCUT2D eigenvalue weighted by Gasteiger charge is -2.39. The summed E-state index contributed by atoms with van der Waals surface area (Å²) in [6.07, 6.45) is 7.46. The number of carbonyl (C=O) groups excluding carboxylic acids is 1. The van der Waals surface area contributed by atoms with Crippen LogP contribution in [0.3, 0.4) is 0 Å². The second kappa shape index (κ2) is 12.3. The number of nitrogens with two attached hydrogens (primary N) is 1. The van der Waals surface area contributed by atoms with Crippen molar-refractivity contribution in [2.75, 3.05) is 31.6 Å². The summed E-state index contributed by atoms with van der Waals surface area (Å²) in [5.41, 5.74) is 6.70. The second-order valence-corrected chi connectivity index (χ2v) is 8.30. The van der Waals surface area contributed by atoms with Crippen molar-refractivity contribution in [1.29, 1.82) is 0 Å². The number of likely N-dealkylation sites (tertiary alicyclic amines) is 1. The lowest BCUT2D eigenvalue weighted by Crippen LogP contribution is -2.48. The number of amides is 1. The zero-order valence-electron chi connectivity index (χ0n) is 20.5. The minimum atomic E-state index is -2.92. The summed E-state index contributed by atoms with van der Waals surface area (Å²) in [5.74, 6) is -0.0877. The molecular weight excluding hydrogens is 440 g/mol. The van der Waals surface area contributed by atoms with E-state index in [1.165, 1.54) is 0 Å². The van der Waals surface area contributed by atoms with Gasteiger partial charge in [0.05, 0.1) is 29.3 Å². The topological polar surface area (TPSA) is 76.6 Å². The average molecular weight is 476 g/mol. The van der Waals surface area contributed by atoms with Crippen LogP contribution in [0.2, 0.25) is 0 Å². The maximum atomic E-state index is 13.1. The van der Waals surface area contributed by atoms with Gasteiger partial charge in [-0.3, -0.25) is 9.69 Å². The van der Waals surface area contributed by atoms with Gasteiger partial charge in [0.25, 0.3) is 0 Å². The Balaban J connectivity index is 0.00000129. The predicted octanol–water partition coefficient (Wildman–Crippen LogP) is 2.20. The molecule has 0 radical (unpaired) electrons. The van der Waals surface area contributed by atoms with Gasteiger partial charge in [0, 0.05) is 39.1 Å². The number of aromatic nitrogens is 2. The van der Waals surface area contributed by atoms with E-state index >= 15 is 0 Å². The van der Waals surface area contributed by atoms with Gasteiger partial charge >= 0.3 is 6.61 Å². The van der Waals surface area contributed by atoms with Gasteiger partial charge in [-0.25, -0.2) is 4.98 Å². The number of carbonyl (C=O) groups is 1. The number of allylic oxidation sites excluding steroid dienone is 1. The van der Waals surface area contributed by atoms with Crippen molar-refractivity contribution < 1.29 is 18.3 Å². The molecule has 2 N–H and O–H groups in total. The lowest BCUT2D eigenvalue weighted by atomic mass is 9.91. The summed E-state index contributed by atoms with van der Waals surface area (Å²) in [4.78, 5) is 19.2. The molecule has 1 saturated heterocycles. The third kappa shape index (κ3) is 6.90. The Labute approximate surface area is 199 Å². The minimum Gasteiger partial charge on any atom is -0.433 e. The van der Waals surface area contributed by atoms with Gasteiger partial charge < -0.3 is 19.9 Å². The van der Waals surface area contributed by atoms with E-state index < -0.39 is 6.61 Å². The van der Waals surface area contributed by atoms with Gasteiger partial charge in [0.15, 0.2) is 0 Å². The van der Waals surface area contributed by atoms with Crippen molar-refractivity contribution in [2.45, 2.75) is 39.3 Å². The number of primary amides is 1. The number of benzene rings is 1. The fraction of sp³-hybridized carbons (Fsp3) is 0.440. The van der Waals surface area contributed by atoms with Crippen LogP contribution in [0, 0.1) is 0 Å². The van der Waals surface area contributed by atoms with Crippen molar-refractivity contribution >= 4 is 23.7 Å². The number of alkyl halides is 2. The van der Waals surface area contributed by atoms with E-state index in [4.69, 9.17) is 10.5 Å². The smallest absolute Gasteiger partial charge is 0.387 e. The first-order valence-electron chi connectivity index (χ1n) is 11.2. The maximum Gasteiger partial charge on any atom is 0.387 e. The standard InChI is InChI=1S/C22H29F2N5O2.C3H6/c1-5-17-19(27(3)13-26-17)8-14(2)28(4)18-7-6-15(9-20(18)31-22(23)24)16-10-29(11-16)12-21(25)30;1-3-2/h5-9,13-14,16,22H,10-12H2,1-4H3,(H2,25,30);3H,1H2,2H3/b17-5+,19-8+;. The van der Waals surface area contributed by atoms with Crippen LogP contribution < -0.4 is 26.1 Å². The molecule has 1 aliphatic heterocycles. The van der Waals surface area contributed by atoms with E-state index in [2.05, 4.69) is 11.6 Å². The number of hydrogen-bond acceptors (Lipinski definition) is 5. The van der Waals surface area contributed by atoms with E-state index in [9.17, 15) is 13.6 Å². The van der Waals surface area contributed by atoms with Crippen LogP contribution >= 0.6 is 0 Å². The quantitative estimate of drug-likeness (QED) is 0.593. The first-order valence-corrected chi connectivity index (χ1v) is 11.2. The Morgan fingerprint density at radius 3 is 2.59 bits per heavy atom. The number of imidazole rings is 1. The highest BCUT2D eigenvalue weighted by Gasteiger charge is 2.30. The van der Waals surface area contributed by atoms with Crippen molar-refractivity contribution in [2.24, 2.45) is 12.8 Å². The van der Waals surface area contributed by atoms with E-state index in [1.54, 1.807) is 18.5 Å². The molecule has 2 heterocycles. The number of aryl methyl sites for hydroxylation is 1. The molecule has 1 unspecified atom stereocenters. The summed E-state index contributed by atoms with van der Waals surface area (Å²) < 4.78 is 33.1. The largest absolute Gasteiger partial charge is 0.433 e. The highest BCUT2D eigenvalue weighted by Crippen LogP contribution is 2.36. The molecule has 1 aromatic heterocycles. The highest BCUT2D eigenvalue weighted by atomic mass is 19.3. The molecule has 186 valence electrons. The van der Waals surface area contributed by atoms with Gasteiger partial charge in [-0.1, -0.05) is 18.2 Å². The molecule has 9 heteroatoms. The first-order chi connectivity index (χ1) is 16.1. The molecule has 0 bridgehead atoms. The van der Waals surface area contributed by atoms with Crippen LogP contribution in [0.5, 0.6) is 5.75 Å². The molecule has 34 heavy (non-hydrogen) atoms. The first kappa shape index (κ1) is 27.0. The SMILES string of the molecule is C/C=c1/ncn(C)/c1=C/C(C)N(C)c1ccc(C2CN(CC(N)=O)C2)cc1OC(F)F.C=CC. The van der Waals surface area contributed by atoms with Crippen LogP contribution in [-0.2, 0) is 11.8 Å². The predicted molar refractivity (Wildman–Crippen MR) is 132 cm³/mol. The average Bonchev–Trinajstić information content (AvgIpc) is 3.09. The van der Waals surface area contributed by atoms with Crippen LogP contribution in [0.15, 0.2) is 37.2 Å². The molecular formula is C25H35F2N5O2. The molecule has 1 atom stereocenters. The molecule has 1 aromatic carbocycles. The number of halogens is 2. The van der Waals surface area contributed by atoms with Crippen LogP contribution in [-0.4, -0.2) is 59.7 Å². The second-order valence-electron chi connectivity index (χ2n) is 8.30. The van der Waals surface area contributed by atoms with E-state index in [-0.39, 0.29) is 30.2 Å². The van der Waals surface area contributed by atoms with Crippen molar-refractivity contribution in [1.82, 2.24) is 14.5 Å². The van der Waals surface area contributed by atoms with E-state index in [1.807, 2.05) is 73.5 Å². The van der Waals surface area contributed by atoms with Crippen molar-refractivity contribution in [3.05, 3.63) is 53.4 Å². The van der Waals surface area contributed by atoms with Crippen molar-refractivity contribution in [3.63, 3.8) is 0 Å². The minimum absolute atomic E-state index is 0.102. The maximum absolute atomic E-state index is 13.1.